The number of rotatable bonds is 6. The molecule has 1 aromatic carbocycles. The zero-order valence-corrected chi connectivity index (χ0v) is 16.6. The van der Waals surface area contributed by atoms with E-state index in [9.17, 15) is 18.8 Å². The van der Waals surface area contributed by atoms with Crippen molar-refractivity contribution in [3.8, 4) is 11.1 Å². The molecule has 0 spiro atoms. The highest BCUT2D eigenvalue weighted by Crippen LogP contribution is 2.32. The number of aromatic amines is 1. The number of Topliss-reactive ketones (excluding diaryl/α,β-unsaturated/α-hetero) is 1. The first-order valence-corrected chi connectivity index (χ1v) is 9.93. The third-order valence-electron chi connectivity index (χ3n) is 5.17. The Balaban J connectivity index is 1.99. The molecule has 2 aromatic rings. The van der Waals surface area contributed by atoms with Gasteiger partial charge in [-0.05, 0) is 44.4 Å². The molecule has 0 atom stereocenters. The number of halogens is 1. The Kier molecular flexibility index (Phi) is 6.46. The van der Waals surface area contributed by atoms with Crippen LogP contribution < -0.4 is 5.32 Å². The second-order valence-corrected chi connectivity index (χ2v) is 7.24. The number of aromatic nitrogens is 1. The Hall–Kier alpha value is -2.96. The predicted molar refractivity (Wildman–Crippen MR) is 106 cm³/mol. The summed E-state index contributed by atoms with van der Waals surface area (Å²) in [6.07, 6.45) is 4.88. The van der Waals surface area contributed by atoms with Crippen molar-refractivity contribution < 1.29 is 23.5 Å². The van der Waals surface area contributed by atoms with Gasteiger partial charge in [0.15, 0.2) is 0 Å². The van der Waals surface area contributed by atoms with Gasteiger partial charge < -0.3 is 15.0 Å². The van der Waals surface area contributed by atoms with Crippen molar-refractivity contribution in [1.29, 1.82) is 0 Å². The molecule has 1 aliphatic rings. The van der Waals surface area contributed by atoms with Crippen LogP contribution in [0, 0.1) is 12.7 Å². The summed E-state index contributed by atoms with van der Waals surface area (Å²) in [5.74, 6) is -2.51. The fourth-order valence-electron chi connectivity index (χ4n) is 3.77. The van der Waals surface area contributed by atoms with Gasteiger partial charge >= 0.3 is 5.97 Å². The monoisotopic (exact) mass is 400 g/mol. The van der Waals surface area contributed by atoms with Gasteiger partial charge in [-0.15, -0.1) is 0 Å². The lowest BCUT2D eigenvalue weighted by atomic mass is 9.95. The van der Waals surface area contributed by atoms with Crippen LogP contribution in [-0.4, -0.2) is 35.3 Å². The van der Waals surface area contributed by atoms with Crippen molar-refractivity contribution in [3.05, 3.63) is 47.0 Å². The summed E-state index contributed by atoms with van der Waals surface area (Å²) < 4.78 is 18.5. The quantitative estimate of drug-likeness (QED) is 0.437. The highest BCUT2D eigenvalue weighted by Gasteiger charge is 2.30. The fourth-order valence-corrected chi connectivity index (χ4v) is 3.77. The number of benzene rings is 1. The Bertz CT molecular complexity index is 912. The standard InChI is InChI=1S/C22H25FN2O4/c1-3-29-22(28)17-13(2)24-19(18(17)14-9-11-15(23)12-10-14)20(26)21(27)25-16-7-5-4-6-8-16/h9-12,16,24H,3-8H2,1-2H3,(H,25,27). The smallest absolute Gasteiger partial charge is 0.340 e. The molecule has 6 nitrogen and oxygen atoms in total. The maximum atomic E-state index is 13.4. The average molecular weight is 400 g/mol. The number of esters is 1. The minimum Gasteiger partial charge on any atom is -0.462 e. The van der Waals surface area contributed by atoms with Crippen LogP contribution in [0.15, 0.2) is 24.3 Å². The van der Waals surface area contributed by atoms with Gasteiger partial charge in [-0.2, -0.15) is 0 Å². The first-order valence-electron chi connectivity index (χ1n) is 9.93. The third kappa shape index (κ3) is 4.55. The van der Waals surface area contributed by atoms with E-state index < -0.39 is 23.5 Å². The number of aryl methyl sites for hydroxylation is 1. The second-order valence-electron chi connectivity index (χ2n) is 7.24. The number of H-pyrrole nitrogens is 1. The van der Waals surface area contributed by atoms with Crippen LogP contribution in [0.4, 0.5) is 4.39 Å². The zero-order chi connectivity index (χ0) is 21.0. The maximum Gasteiger partial charge on any atom is 0.340 e. The molecular weight excluding hydrogens is 375 g/mol. The number of carbonyl (C=O) groups excluding carboxylic acids is 3. The fraction of sp³-hybridized carbons (Fsp3) is 0.409. The molecule has 154 valence electrons. The second kappa shape index (κ2) is 9.03. The number of ether oxygens (including phenoxy) is 1. The van der Waals surface area contributed by atoms with Gasteiger partial charge in [-0.1, -0.05) is 31.4 Å². The van der Waals surface area contributed by atoms with E-state index in [-0.39, 0.29) is 29.5 Å². The molecule has 0 unspecified atom stereocenters. The molecular formula is C22H25FN2O4. The van der Waals surface area contributed by atoms with Crippen molar-refractivity contribution in [1.82, 2.24) is 10.3 Å². The molecule has 29 heavy (non-hydrogen) atoms. The highest BCUT2D eigenvalue weighted by atomic mass is 19.1. The number of hydrogen-bond donors (Lipinski definition) is 2. The first kappa shape index (κ1) is 20.8. The lowest BCUT2D eigenvalue weighted by molar-refractivity contribution is -0.117. The lowest BCUT2D eigenvalue weighted by Gasteiger charge is -2.22. The highest BCUT2D eigenvalue weighted by molar-refractivity contribution is 6.44. The molecule has 0 aliphatic heterocycles. The molecule has 1 heterocycles. The van der Waals surface area contributed by atoms with Gasteiger partial charge in [0.05, 0.1) is 12.2 Å². The molecule has 1 fully saturated rings. The van der Waals surface area contributed by atoms with Gasteiger partial charge in [0.1, 0.15) is 11.5 Å². The molecule has 0 saturated heterocycles. The van der Waals surface area contributed by atoms with Crippen LogP contribution >= 0.6 is 0 Å². The van der Waals surface area contributed by atoms with Crippen molar-refractivity contribution >= 4 is 17.7 Å². The summed E-state index contributed by atoms with van der Waals surface area (Å²) in [7, 11) is 0. The number of hydrogen-bond acceptors (Lipinski definition) is 4. The van der Waals surface area contributed by atoms with E-state index in [1.165, 1.54) is 24.3 Å². The van der Waals surface area contributed by atoms with E-state index in [1.807, 2.05) is 0 Å². The van der Waals surface area contributed by atoms with Crippen LogP contribution in [0.5, 0.6) is 0 Å². The molecule has 7 heteroatoms. The Morgan fingerprint density at radius 1 is 1.14 bits per heavy atom. The molecule has 2 N–H and O–H groups in total. The van der Waals surface area contributed by atoms with E-state index in [0.717, 1.165) is 32.1 Å². The maximum absolute atomic E-state index is 13.4. The largest absolute Gasteiger partial charge is 0.462 e. The molecule has 1 amide bonds. The van der Waals surface area contributed by atoms with Crippen LogP contribution in [0.25, 0.3) is 11.1 Å². The summed E-state index contributed by atoms with van der Waals surface area (Å²) in [5.41, 5.74) is 1.30. The van der Waals surface area contributed by atoms with Crippen molar-refractivity contribution in [2.24, 2.45) is 0 Å². The molecule has 0 bridgehead atoms. The summed E-state index contributed by atoms with van der Waals surface area (Å²) in [6, 6.07) is 5.40. The summed E-state index contributed by atoms with van der Waals surface area (Å²) in [6.45, 7) is 3.48. The van der Waals surface area contributed by atoms with Crippen molar-refractivity contribution in [3.63, 3.8) is 0 Å². The van der Waals surface area contributed by atoms with E-state index in [2.05, 4.69) is 10.3 Å². The SMILES string of the molecule is CCOC(=O)c1c(C)[nH]c(C(=O)C(=O)NC2CCCCC2)c1-c1ccc(F)cc1. The third-order valence-corrected chi connectivity index (χ3v) is 5.17. The minimum absolute atomic E-state index is 0.00507. The van der Waals surface area contributed by atoms with Crippen LogP contribution in [0.3, 0.4) is 0 Å². The Morgan fingerprint density at radius 2 is 1.79 bits per heavy atom. The van der Waals surface area contributed by atoms with Gasteiger partial charge in [0.2, 0.25) is 0 Å². The average Bonchev–Trinajstić information content (AvgIpc) is 3.06. The molecule has 1 aliphatic carbocycles. The van der Waals surface area contributed by atoms with Gasteiger partial charge in [-0.25, -0.2) is 9.18 Å². The normalized spacial score (nSPS) is 14.4. The lowest BCUT2D eigenvalue weighted by Crippen LogP contribution is -2.40. The van der Waals surface area contributed by atoms with E-state index in [0.29, 0.717) is 11.3 Å². The minimum atomic E-state index is -0.756. The molecule has 1 aromatic heterocycles. The molecule has 3 rings (SSSR count). The van der Waals surface area contributed by atoms with Crippen LogP contribution in [0.2, 0.25) is 0 Å². The number of amides is 1. The summed E-state index contributed by atoms with van der Waals surface area (Å²) >= 11 is 0. The summed E-state index contributed by atoms with van der Waals surface area (Å²) in [5, 5.41) is 2.80. The van der Waals surface area contributed by atoms with Crippen molar-refractivity contribution in [2.45, 2.75) is 52.0 Å². The van der Waals surface area contributed by atoms with Crippen LogP contribution in [-0.2, 0) is 9.53 Å². The Labute approximate surface area is 168 Å². The van der Waals surface area contributed by atoms with E-state index in [1.54, 1.807) is 13.8 Å². The molecule has 1 saturated carbocycles. The summed E-state index contributed by atoms with van der Waals surface area (Å²) in [4.78, 5) is 41.0. The predicted octanol–water partition coefficient (Wildman–Crippen LogP) is 3.94. The van der Waals surface area contributed by atoms with Crippen LogP contribution in [0.1, 0.15) is 65.6 Å². The number of nitrogens with one attached hydrogen (secondary N) is 2. The Morgan fingerprint density at radius 3 is 2.41 bits per heavy atom. The van der Waals surface area contributed by atoms with Gasteiger partial charge in [-0.3, -0.25) is 9.59 Å². The van der Waals surface area contributed by atoms with Crippen molar-refractivity contribution in [2.75, 3.05) is 6.61 Å². The number of carbonyl (C=O) groups is 3. The number of ketones is 1. The molecule has 0 radical (unpaired) electrons. The van der Waals surface area contributed by atoms with E-state index in [4.69, 9.17) is 4.74 Å². The first-order chi connectivity index (χ1) is 13.9. The zero-order valence-electron chi connectivity index (χ0n) is 16.6. The topological polar surface area (TPSA) is 88.3 Å². The van der Waals surface area contributed by atoms with Gasteiger partial charge in [0, 0.05) is 17.3 Å². The van der Waals surface area contributed by atoms with Gasteiger partial charge in [0.25, 0.3) is 11.7 Å². The van der Waals surface area contributed by atoms with E-state index >= 15 is 0 Å².